The summed E-state index contributed by atoms with van der Waals surface area (Å²) in [6, 6.07) is 6.46. The molecule has 0 bridgehead atoms. The van der Waals surface area contributed by atoms with E-state index in [4.69, 9.17) is 0 Å². The number of carbonyl (C=O) groups is 1. The van der Waals surface area contributed by atoms with Gasteiger partial charge in [-0.05, 0) is 36.8 Å². The first-order valence-corrected chi connectivity index (χ1v) is 5.68. The van der Waals surface area contributed by atoms with Crippen molar-refractivity contribution in [1.29, 1.82) is 0 Å². The minimum Gasteiger partial charge on any atom is -0.345 e. The first kappa shape index (κ1) is 8.96. The largest absolute Gasteiger partial charge is 0.345 e. The summed E-state index contributed by atoms with van der Waals surface area (Å²) in [6.07, 6.45) is 3.84. The highest BCUT2D eigenvalue weighted by Gasteiger charge is 2.37. The molecule has 3 rings (SSSR count). The molecule has 0 spiro atoms. The summed E-state index contributed by atoms with van der Waals surface area (Å²) >= 11 is 0. The molecule has 2 aliphatic rings. The van der Waals surface area contributed by atoms with Crippen molar-refractivity contribution in [2.45, 2.75) is 32.2 Å². The van der Waals surface area contributed by atoms with E-state index in [0.29, 0.717) is 12.0 Å². The van der Waals surface area contributed by atoms with E-state index < -0.39 is 0 Å². The molecule has 0 radical (unpaired) electrons. The van der Waals surface area contributed by atoms with Crippen molar-refractivity contribution in [3.05, 3.63) is 34.9 Å². The van der Waals surface area contributed by atoms with Gasteiger partial charge in [0.1, 0.15) is 0 Å². The smallest absolute Gasteiger partial charge is 0.252 e. The van der Waals surface area contributed by atoms with Gasteiger partial charge in [-0.25, -0.2) is 0 Å². The first-order chi connectivity index (χ1) is 7.27. The zero-order valence-corrected chi connectivity index (χ0v) is 8.92. The van der Waals surface area contributed by atoms with E-state index in [1.807, 2.05) is 13.0 Å². The standard InChI is InChI=1S/C13H15NO/c1-8-4-2-7-10-11(8)13(15)14-12(10)9-5-3-6-9/h2,4,7,9,12H,3,5-6H2,1H3,(H,14,15). The predicted molar refractivity (Wildman–Crippen MR) is 58.7 cm³/mol. The maximum atomic E-state index is 11.8. The van der Waals surface area contributed by atoms with E-state index >= 15 is 0 Å². The molecule has 1 amide bonds. The molecule has 2 nitrogen and oxygen atoms in total. The Kier molecular flexibility index (Phi) is 1.84. The Bertz CT molecular complexity index is 421. The van der Waals surface area contributed by atoms with Crippen molar-refractivity contribution in [2.75, 3.05) is 0 Å². The van der Waals surface area contributed by atoms with Gasteiger partial charge >= 0.3 is 0 Å². The fraction of sp³-hybridized carbons (Fsp3) is 0.462. The van der Waals surface area contributed by atoms with Crippen LogP contribution in [0.3, 0.4) is 0 Å². The van der Waals surface area contributed by atoms with Crippen LogP contribution in [-0.4, -0.2) is 5.91 Å². The molecule has 1 atom stereocenters. The fourth-order valence-electron chi connectivity index (χ4n) is 2.70. The molecule has 1 aromatic carbocycles. The fourth-order valence-corrected chi connectivity index (χ4v) is 2.70. The lowest BCUT2D eigenvalue weighted by Crippen LogP contribution is -2.29. The van der Waals surface area contributed by atoms with Gasteiger partial charge in [0.05, 0.1) is 6.04 Å². The number of rotatable bonds is 1. The Labute approximate surface area is 89.7 Å². The topological polar surface area (TPSA) is 29.1 Å². The Morgan fingerprint density at radius 2 is 2.13 bits per heavy atom. The van der Waals surface area contributed by atoms with Crippen LogP contribution < -0.4 is 5.32 Å². The van der Waals surface area contributed by atoms with Gasteiger partial charge in [-0.1, -0.05) is 24.6 Å². The van der Waals surface area contributed by atoms with Crippen molar-refractivity contribution < 1.29 is 4.79 Å². The average Bonchev–Trinajstić information content (AvgIpc) is 2.43. The van der Waals surface area contributed by atoms with Gasteiger partial charge in [0.15, 0.2) is 0 Å². The van der Waals surface area contributed by atoms with Crippen LogP contribution in [0.1, 0.15) is 46.8 Å². The molecule has 1 heterocycles. The maximum absolute atomic E-state index is 11.8. The van der Waals surface area contributed by atoms with Crippen molar-refractivity contribution in [3.8, 4) is 0 Å². The van der Waals surface area contributed by atoms with Crippen LogP contribution in [0.2, 0.25) is 0 Å². The Hall–Kier alpha value is -1.31. The lowest BCUT2D eigenvalue weighted by molar-refractivity contribution is 0.0932. The number of benzene rings is 1. The van der Waals surface area contributed by atoms with E-state index in [1.54, 1.807) is 0 Å². The molecule has 1 saturated carbocycles. The Morgan fingerprint density at radius 1 is 1.33 bits per heavy atom. The second kappa shape index (κ2) is 3.09. The summed E-state index contributed by atoms with van der Waals surface area (Å²) in [6.45, 7) is 2.02. The van der Waals surface area contributed by atoms with Crippen molar-refractivity contribution in [1.82, 2.24) is 5.32 Å². The van der Waals surface area contributed by atoms with Gasteiger partial charge in [-0.2, -0.15) is 0 Å². The quantitative estimate of drug-likeness (QED) is 0.743. The molecule has 1 N–H and O–H groups in total. The maximum Gasteiger partial charge on any atom is 0.252 e. The molecule has 1 aliphatic heterocycles. The van der Waals surface area contributed by atoms with Crippen molar-refractivity contribution in [2.24, 2.45) is 5.92 Å². The van der Waals surface area contributed by atoms with E-state index in [9.17, 15) is 4.79 Å². The molecular formula is C13H15NO. The number of nitrogens with one attached hydrogen (secondary N) is 1. The van der Waals surface area contributed by atoms with Crippen LogP contribution in [0.5, 0.6) is 0 Å². The highest BCUT2D eigenvalue weighted by atomic mass is 16.2. The summed E-state index contributed by atoms with van der Waals surface area (Å²) in [5.74, 6) is 0.803. The summed E-state index contributed by atoms with van der Waals surface area (Å²) < 4.78 is 0. The Morgan fingerprint density at radius 3 is 2.80 bits per heavy atom. The van der Waals surface area contributed by atoms with Gasteiger partial charge in [0, 0.05) is 5.56 Å². The van der Waals surface area contributed by atoms with Crippen molar-refractivity contribution >= 4 is 5.91 Å². The predicted octanol–water partition coefficient (Wildman–Crippen LogP) is 2.58. The highest BCUT2D eigenvalue weighted by molar-refractivity contribution is 6.00. The molecule has 1 unspecified atom stereocenters. The summed E-state index contributed by atoms with van der Waals surface area (Å²) in [7, 11) is 0. The normalized spacial score (nSPS) is 24.6. The van der Waals surface area contributed by atoms with Gasteiger partial charge < -0.3 is 5.32 Å². The molecule has 78 valence electrons. The van der Waals surface area contributed by atoms with Crippen LogP contribution in [0.15, 0.2) is 18.2 Å². The van der Waals surface area contributed by atoms with E-state index in [2.05, 4.69) is 17.4 Å². The lowest BCUT2D eigenvalue weighted by atomic mass is 9.77. The highest BCUT2D eigenvalue weighted by Crippen LogP contribution is 2.42. The van der Waals surface area contributed by atoms with Gasteiger partial charge in [0.2, 0.25) is 0 Å². The van der Waals surface area contributed by atoms with Crippen LogP contribution in [0, 0.1) is 12.8 Å². The molecule has 1 aliphatic carbocycles. The molecule has 0 saturated heterocycles. The molecule has 2 heteroatoms. The minimum atomic E-state index is 0.125. The zero-order chi connectivity index (χ0) is 10.4. The van der Waals surface area contributed by atoms with Crippen LogP contribution in [0.4, 0.5) is 0 Å². The molecule has 1 fully saturated rings. The SMILES string of the molecule is Cc1cccc2c1C(=O)NC2C1CCC1. The first-order valence-electron chi connectivity index (χ1n) is 5.68. The molecule has 15 heavy (non-hydrogen) atoms. The van der Waals surface area contributed by atoms with Crippen LogP contribution in [0.25, 0.3) is 0 Å². The molecule has 0 aromatic heterocycles. The second-order valence-electron chi connectivity index (χ2n) is 4.68. The summed E-state index contributed by atoms with van der Waals surface area (Å²) in [5.41, 5.74) is 3.26. The van der Waals surface area contributed by atoms with Crippen LogP contribution in [-0.2, 0) is 0 Å². The number of amides is 1. The number of carbonyl (C=O) groups excluding carboxylic acids is 1. The third-order valence-electron chi connectivity index (χ3n) is 3.77. The summed E-state index contributed by atoms with van der Waals surface area (Å²) in [4.78, 5) is 11.8. The second-order valence-corrected chi connectivity index (χ2v) is 4.68. The lowest BCUT2D eigenvalue weighted by Gasteiger charge is -2.31. The zero-order valence-electron chi connectivity index (χ0n) is 8.92. The van der Waals surface area contributed by atoms with E-state index in [1.165, 1.54) is 24.8 Å². The van der Waals surface area contributed by atoms with Gasteiger partial charge in [0.25, 0.3) is 5.91 Å². The van der Waals surface area contributed by atoms with Gasteiger partial charge in [-0.3, -0.25) is 4.79 Å². The minimum absolute atomic E-state index is 0.125. The Balaban J connectivity index is 2.05. The third-order valence-corrected chi connectivity index (χ3v) is 3.77. The number of hydrogen-bond acceptors (Lipinski definition) is 1. The number of hydrogen-bond donors (Lipinski definition) is 1. The molecule has 1 aromatic rings. The van der Waals surface area contributed by atoms with E-state index in [-0.39, 0.29) is 5.91 Å². The third kappa shape index (κ3) is 1.21. The van der Waals surface area contributed by atoms with E-state index in [0.717, 1.165) is 11.1 Å². The molecular weight excluding hydrogens is 186 g/mol. The number of aryl methyl sites for hydroxylation is 1. The van der Waals surface area contributed by atoms with Crippen molar-refractivity contribution in [3.63, 3.8) is 0 Å². The number of fused-ring (bicyclic) bond motifs is 1. The average molecular weight is 201 g/mol. The summed E-state index contributed by atoms with van der Waals surface area (Å²) in [5, 5.41) is 3.12. The monoisotopic (exact) mass is 201 g/mol. The van der Waals surface area contributed by atoms with Crippen LogP contribution >= 0.6 is 0 Å². The van der Waals surface area contributed by atoms with Gasteiger partial charge in [-0.15, -0.1) is 0 Å².